The Bertz CT molecular complexity index is 604. The van der Waals surface area contributed by atoms with Crippen LogP contribution in [0.2, 0.25) is 0 Å². The summed E-state index contributed by atoms with van der Waals surface area (Å²) in [6.07, 6.45) is 1.85. The van der Waals surface area contributed by atoms with E-state index in [-0.39, 0.29) is 0 Å². The maximum absolute atomic E-state index is 8.71. The Labute approximate surface area is 130 Å². The van der Waals surface area contributed by atoms with E-state index >= 15 is 0 Å². The fourth-order valence-electron chi connectivity index (χ4n) is 1.82. The lowest BCUT2D eigenvalue weighted by molar-refractivity contribution is 0.185. The van der Waals surface area contributed by atoms with Gasteiger partial charge in [0.25, 0.3) is 0 Å². The summed E-state index contributed by atoms with van der Waals surface area (Å²) in [5, 5.41) is 9.56. The molecule has 0 bridgehead atoms. The van der Waals surface area contributed by atoms with Crippen LogP contribution in [0.15, 0.2) is 40.1 Å². The lowest BCUT2D eigenvalue weighted by Crippen LogP contribution is -2.07. The van der Waals surface area contributed by atoms with Gasteiger partial charge < -0.3 is 9.30 Å². The second kappa shape index (κ2) is 7.48. The number of rotatable bonds is 6. The van der Waals surface area contributed by atoms with Crippen molar-refractivity contribution in [2.24, 2.45) is 0 Å². The van der Waals surface area contributed by atoms with Crippen molar-refractivity contribution in [2.45, 2.75) is 11.7 Å². The SMILES string of the molecule is COCCn1c(-c2ccc(Br)cc2)cnc1SCC#N. The summed E-state index contributed by atoms with van der Waals surface area (Å²) in [7, 11) is 1.68. The third-order valence-corrected chi connectivity index (χ3v) is 4.13. The number of thioether (sulfide) groups is 1. The summed E-state index contributed by atoms with van der Waals surface area (Å²) in [5.74, 6) is 0.393. The Hall–Kier alpha value is -1.29. The topological polar surface area (TPSA) is 50.8 Å². The van der Waals surface area contributed by atoms with Crippen LogP contribution in [0.4, 0.5) is 0 Å². The van der Waals surface area contributed by atoms with E-state index in [1.807, 2.05) is 30.5 Å². The Morgan fingerprint density at radius 1 is 1.40 bits per heavy atom. The van der Waals surface area contributed by atoms with E-state index in [9.17, 15) is 0 Å². The van der Waals surface area contributed by atoms with E-state index in [0.717, 1.165) is 27.4 Å². The van der Waals surface area contributed by atoms with Crippen LogP contribution in [-0.2, 0) is 11.3 Å². The highest BCUT2D eigenvalue weighted by Crippen LogP contribution is 2.27. The molecule has 0 amide bonds. The molecule has 0 radical (unpaired) electrons. The predicted molar refractivity (Wildman–Crippen MR) is 83.6 cm³/mol. The predicted octanol–water partition coefficient (Wildman–Crippen LogP) is 3.57. The molecule has 0 aliphatic heterocycles. The lowest BCUT2D eigenvalue weighted by Gasteiger charge is -2.10. The van der Waals surface area contributed by atoms with Gasteiger partial charge in [0.05, 0.1) is 30.3 Å². The zero-order chi connectivity index (χ0) is 14.4. The number of halogens is 1. The van der Waals surface area contributed by atoms with Crippen molar-refractivity contribution in [3.05, 3.63) is 34.9 Å². The van der Waals surface area contributed by atoms with Gasteiger partial charge in [-0.3, -0.25) is 0 Å². The Morgan fingerprint density at radius 2 is 2.15 bits per heavy atom. The van der Waals surface area contributed by atoms with Crippen LogP contribution in [0.25, 0.3) is 11.3 Å². The van der Waals surface area contributed by atoms with Crippen LogP contribution in [0.3, 0.4) is 0 Å². The van der Waals surface area contributed by atoms with Crippen LogP contribution in [0, 0.1) is 11.3 Å². The molecule has 20 heavy (non-hydrogen) atoms. The molecule has 1 heterocycles. The van der Waals surface area contributed by atoms with Crippen LogP contribution in [-0.4, -0.2) is 29.0 Å². The van der Waals surface area contributed by atoms with Gasteiger partial charge in [0.2, 0.25) is 0 Å². The average molecular weight is 352 g/mol. The summed E-state index contributed by atoms with van der Waals surface area (Å²) in [6.45, 7) is 1.33. The van der Waals surface area contributed by atoms with Crippen molar-refractivity contribution in [3.63, 3.8) is 0 Å². The first-order valence-corrected chi connectivity index (χ1v) is 7.84. The standard InChI is InChI=1S/C14H14BrN3OS/c1-19-8-7-18-13(10-17-14(18)20-9-6-16)11-2-4-12(15)5-3-11/h2-5,10H,7-9H2,1H3. The molecule has 6 heteroatoms. The molecule has 0 unspecified atom stereocenters. The number of nitriles is 1. The number of benzene rings is 1. The molecule has 0 saturated carbocycles. The van der Waals surface area contributed by atoms with Gasteiger partial charge in [0.15, 0.2) is 5.16 Å². The number of hydrogen-bond donors (Lipinski definition) is 0. The molecule has 0 N–H and O–H groups in total. The van der Waals surface area contributed by atoms with E-state index in [1.165, 1.54) is 11.8 Å². The minimum atomic E-state index is 0.393. The van der Waals surface area contributed by atoms with Crippen LogP contribution in [0.1, 0.15) is 0 Å². The number of nitrogens with zero attached hydrogens (tertiary/aromatic N) is 3. The maximum Gasteiger partial charge on any atom is 0.169 e. The zero-order valence-corrected chi connectivity index (χ0v) is 13.4. The van der Waals surface area contributed by atoms with Gasteiger partial charge >= 0.3 is 0 Å². The molecular formula is C14H14BrN3OS. The maximum atomic E-state index is 8.71. The molecule has 104 valence electrons. The first-order chi connectivity index (χ1) is 9.76. The van der Waals surface area contributed by atoms with Crippen LogP contribution in [0.5, 0.6) is 0 Å². The number of imidazole rings is 1. The fraction of sp³-hybridized carbons (Fsp3) is 0.286. The van der Waals surface area contributed by atoms with Gasteiger partial charge in [0.1, 0.15) is 0 Å². The van der Waals surface area contributed by atoms with E-state index < -0.39 is 0 Å². The first-order valence-electron chi connectivity index (χ1n) is 6.06. The van der Waals surface area contributed by atoms with Crippen molar-refractivity contribution in [1.82, 2.24) is 9.55 Å². The molecule has 0 spiro atoms. The molecule has 1 aromatic carbocycles. The zero-order valence-electron chi connectivity index (χ0n) is 11.0. The van der Waals surface area contributed by atoms with Gasteiger partial charge in [-0.15, -0.1) is 0 Å². The molecular weight excluding hydrogens is 338 g/mol. The molecule has 2 aromatic rings. The quantitative estimate of drug-likeness (QED) is 0.746. The summed E-state index contributed by atoms with van der Waals surface area (Å²) < 4.78 is 8.29. The van der Waals surface area contributed by atoms with E-state index in [4.69, 9.17) is 10.00 Å². The lowest BCUT2D eigenvalue weighted by atomic mass is 10.2. The molecule has 0 atom stereocenters. The van der Waals surface area contributed by atoms with Crippen molar-refractivity contribution in [2.75, 3.05) is 19.5 Å². The monoisotopic (exact) mass is 351 g/mol. The number of ether oxygens (including phenoxy) is 1. The summed E-state index contributed by atoms with van der Waals surface area (Å²) in [5.41, 5.74) is 2.13. The Kier molecular flexibility index (Phi) is 5.65. The van der Waals surface area contributed by atoms with Gasteiger partial charge in [-0.05, 0) is 17.7 Å². The third-order valence-electron chi connectivity index (χ3n) is 2.74. The van der Waals surface area contributed by atoms with Crippen molar-refractivity contribution >= 4 is 27.7 Å². The van der Waals surface area contributed by atoms with Gasteiger partial charge in [-0.1, -0.05) is 39.8 Å². The highest BCUT2D eigenvalue weighted by atomic mass is 79.9. The van der Waals surface area contributed by atoms with Crippen molar-refractivity contribution in [3.8, 4) is 17.3 Å². The largest absolute Gasteiger partial charge is 0.383 e. The highest BCUT2D eigenvalue weighted by Gasteiger charge is 2.12. The molecule has 2 rings (SSSR count). The number of hydrogen-bond acceptors (Lipinski definition) is 4. The summed E-state index contributed by atoms with van der Waals surface area (Å²) in [4.78, 5) is 4.41. The molecule has 0 aliphatic rings. The van der Waals surface area contributed by atoms with Crippen molar-refractivity contribution < 1.29 is 4.74 Å². The fourth-order valence-corrected chi connectivity index (χ4v) is 2.75. The highest BCUT2D eigenvalue weighted by molar-refractivity contribution is 9.10. The third kappa shape index (κ3) is 3.63. The average Bonchev–Trinajstić information content (AvgIpc) is 2.86. The van der Waals surface area contributed by atoms with E-state index in [0.29, 0.717) is 12.4 Å². The smallest absolute Gasteiger partial charge is 0.169 e. The van der Waals surface area contributed by atoms with Crippen LogP contribution < -0.4 is 0 Å². The van der Waals surface area contributed by atoms with E-state index in [1.54, 1.807) is 7.11 Å². The number of methoxy groups -OCH3 is 1. The normalized spacial score (nSPS) is 10.4. The van der Waals surface area contributed by atoms with Crippen LogP contribution >= 0.6 is 27.7 Å². The van der Waals surface area contributed by atoms with Crippen molar-refractivity contribution in [1.29, 1.82) is 5.26 Å². The van der Waals surface area contributed by atoms with Gasteiger partial charge in [-0.2, -0.15) is 5.26 Å². The first kappa shape index (κ1) is 15.1. The second-order valence-corrected chi connectivity index (χ2v) is 5.88. The van der Waals surface area contributed by atoms with Gasteiger partial charge in [-0.25, -0.2) is 4.98 Å². The molecule has 0 aliphatic carbocycles. The molecule has 0 fully saturated rings. The molecule has 4 nitrogen and oxygen atoms in total. The molecule has 1 aromatic heterocycles. The second-order valence-electron chi connectivity index (χ2n) is 4.02. The Morgan fingerprint density at radius 3 is 2.80 bits per heavy atom. The summed E-state index contributed by atoms with van der Waals surface area (Å²) in [6, 6.07) is 10.2. The van der Waals surface area contributed by atoms with E-state index in [2.05, 4.69) is 31.6 Å². The minimum absolute atomic E-state index is 0.393. The Balaban J connectivity index is 2.33. The minimum Gasteiger partial charge on any atom is -0.383 e. The molecule has 0 saturated heterocycles. The summed E-state index contributed by atoms with van der Waals surface area (Å²) >= 11 is 4.88. The number of aromatic nitrogens is 2. The van der Waals surface area contributed by atoms with Gasteiger partial charge in [0, 0.05) is 18.1 Å².